The number of alkyl halides is 1. The van der Waals surface area contributed by atoms with Gasteiger partial charge in [0.05, 0.1) is 24.1 Å². The van der Waals surface area contributed by atoms with E-state index < -0.39 is 5.97 Å². The van der Waals surface area contributed by atoms with Gasteiger partial charge in [-0.1, -0.05) is 0 Å². The molecule has 1 rings (SSSR count). The zero-order valence-electron chi connectivity index (χ0n) is 7.95. The van der Waals surface area contributed by atoms with Crippen molar-refractivity contribution in [3.8, 4) is 11.8 Å². The first-order valence-corrected chi connectivity index (χ1v) is 4.57. The van der Waals surface area contributed by atoms with Crippen molar-refractivity contribution in [2.75, 3.05) is 7.11 Å². The third-order valence-electron chi connectivity index (χ3n) is 1.87. The molecule has 1 N–H and O–H groups in total. The summed E-state index contributed by atoms with van der Waals surface area (Å²) in [5.41, 5.74) is 0.534. The fraction of sp³-hybridized carbons (Fsp3) is 0.200. The SMILES string of the molecule is COC(=O)c1cc(C#N)c(O)c(CCl)c1. The molecular formula is C10H8ClNO3. The normalized spacial score (nSPS) is 9.40. The molecule has 0 fully saturated rings. The van der Waals surface area contributed by atoms with Crippen LogP contribution in [0.15, 0.2) is 12.1 Å². The largest absolute Gasteiger partial charge is 0.506 e. The highest BCUT2D eigenvalue weighted by Gasteiger charge is 2.13. The average molecular weight is 226 g/mol. The van der Waals surface area contributed by atoms with Gasteiger partial charge in [-0.3, -0.25) is 0 Å². The van der Waals surface area contributed by atoms with E-state index in [2.05, 4.69) is 4.74 Å². The van der Waals surface area contributed by atoms with Crippen LogP contribution in [-0.4, -0.2) is 18.2 Å². The van der Waals surface area contributed by atoms with Crippen molar-refractivity contribution in [3.63, 3.8) is 0 Å². The molecule has 0 aliphatic carbocycles. The number of phenolic OH excluding ortho intramolecular Hbond substituents is 1. The topological polar surface area (TPSA) is 70.3 Å². The number of benzene rings is 1. The van der Waals surface area contributed by atoms with E-state index in [1.54, 1.807) is 6.07 Å². The van der Waals surface area contributed by atoms with Crippen molar-refractivity contribution in [3.05, 3.63) is 28.8 Å². The number of aromatic hydroxyl groups is 1. The molecule has 78 valence electrons. The molecule has 5 heteroatoms. The number of ether oxygens (including phenoxy) is 1. The van der Waals surface area contributed by atoms with Gasteiger partial charge >= 0.3 is 5.97 Å². The molecule has 0 atom stereocenters. The molecule has 1 aromatic carbocycles. The number of hydrogen-bond acceptors (Lipinski definition) is 4. The average Bonchev–Trinajstić information content (AvgIpc) is 2.28. The highest BCUT2D eigenvalue weighted by molar-refractivity contribution is 6.17. The van der Waals surface area contributed by atoms with Crippen LogP contribution >= 0.6 is 11.6 Å². The van der Waals surface area contributed by atoms with Crippen molar-refractivity contribution in [1.29, 1.82) is 5.26 Å². The van der Waals surface area contributed by atoms with Crippen LogP contribution in [0.25, 0.3) is 0 Å². The number of halogens is 1. The van der Waals surface area contributed by atoms with Crippen LogP contribution in [-0.2, 0) is 10.6 Å². The van der Waals surface area contributed by atoms with Gasteiger partial charge < -0.3 is 9.84 Å². The molecule has 0 saturated carbocycles. The first-order chi connectivity index (χ1) is 7.13. The van der Waals surface area contributed by atoms with Gasteiger partial charge in [-0.15, -0.1) is 11.6 Å². The minimum Gasteiger partial charge on any atom is -0.506 e. The number of methoxy groups -OCH3 is 1. The zero-order chi connectivity index (χ0) is 11.4. The minimum atomic E-state index is -0.571. The zero-order valence-corrected chi connectivity index (χ0v) is 8.71. The fourth-order valence-corrected chi connectivity index (χ4v) is 1.32. The standard InChI is InChI=1S/C10H8ClNO3/c1-15-10(14)6-2-7(4-11)9(13)8(3-6)5-12/h2-3,13H,4H2,1H3. The molecule has 0 aliphatic heterocycles. The fourth-order valence-electron chi connectivity index (χ4n) is 1.12. The van der Waals surface area contributed by atoms with Crippen LogP contribution in [0, 0.1) is 11.3 Å². The number of nitriles is 1. The van der Waals surface area contributed by atoms with Crippen molar-refractivity contribution in [2.24, 2.45) is 0 Å². The summed E-state index contributed by atoms with van der Waals surface area (Å²) in [6.07, 6.45) is 0. The van der Waals surface area contributed by atoms with E-state index in [9.17, 15) is 9.90 Å². The maximum atomic E-state index is 11.2. The van der Waals surface area contributed by atoms with E-state index in [1.807, 2.05) is 0 Å². The summed E-state index contributed by atoms with van der Waals surface area (Å²) in [7, 11) is 1.24. The second-order valence-corrected chi connectivity index (χ2v) is 3.04. The maximum absolute atomic E-state index is 11.2. The molecule has 0 radical (unpaired) electrons. The molecule has 0 amide bonds. The summed E-state index contributed by atoms with van der Waals surface area (Å²) < 4.78 is 4.50. The number of hydrogen-bond donors (Lipinski definition) is 1. The van der Waals surface area contributed by atoms with Gasteiger partial charge in [0.2, 0.25) is 0 Å². The van der Waals surface area contributed by atoms with Crippen LogP contribution in [0.3, 0.4) is 0 Å². The lowest BCUT2D eigenvalue weighted by Gasteiger charge is -2.05. The van der Waals surface area contributed by atoms with E-state index in [4.69, 9.17) is 16.9 Å². The van der Waals surface area contributed by atoms with Gasteiger partial charge in [0.1, 0.15) is 11.8 Å². The number of phenols is 1. The molecule has 0 heterocycles. The smallest absolute Gasteiger partial charge is 0.337 e. The van der Waals surface area contributed by atoms with Gasteiger partial charge in [0.15, 0.2) is 0 Å². The van der Waals surface area contributed by atoms with E-state index in [0.29, 0.717) is 5.56 Å². The van der Waals surface area contributed by atoms with Crippen molar-refractivity contribution in [2.45, 2.75) is 5.88 Å². The molecule has 0 saturated heterocycles. The Morgan fingerprint density at radius 1 is 1.67 bits per heavy atom. The van der Waals surface area contributed by atoms with E-state index in [-0.39, 0.29) is 22.8 Å². The first-order valence-electron chi connectivity index (χ1n) is 4.04. The maximum Gasteiger partial charge on any atom is 0.337 e. The molecule has 4 nitrogen and oxygen atoms in total. The van der Waals surface area contributed by atoms with Crippen LogP contribution in [0.1, 0.15) is 21.5 Å². The number of carbonyl (C=O) groups excluding carboxylic acids is 1. The van der Waals surface area contributed by atoms with Crippen molar-refractivity contribution < 1.29 is 14.6 Å². The second-order valence-electron chi connectivity index (χ2n) is 2.77. The van der Waals surface area contributed by atoms with Crippen LogP contribution in [0.4, 0.5) is 0 Å². The molecule has 0 spiro atoms. The lowest BCUT2D eigenvalue weighted by atomic mass is 10.1. The summed E-state index contributed by atoms with van der Waals surface area (Å²) in [6, 6.07) is 4.43. The van der Waals surface area contributed by atoms with Gasteiger partial charge in [-0.2, -0.15) is 5.26 Å². The van der Waals surface area contributed by atoms with Crippen LogP contribution in [0.2, 0.25) is 0 Å². The predicted molar refractivity (Wildman–Crippen MR) is 53.7 cm³/mol. The summed E-state index contributed by atoms with van der Waals surface area (Å²) in [4.78, 5) is 11.2. The molecular weight excluding hydrogens is 218 g/mol. The van der Waals surface area contributed by atoms with E-state index >= 15 is 0 Å². The minimum absolute atomic E-state index is 0.00792. The molecule has 0 aromatic heterocycles. The predicted octanol–water partition coefficient (Wildman–Crippen LogP) is 1.79. The third-order valence-corrected chi connectivity index (χ3v) is 2.16. The van der Waals surface area contributed by atoms with Crippen LogP contribution in [0.5, 0.6) is 5.75 Å². The number of rotatable bonds is 2. The Hall–Kier alpha value is -1.73. The quantitative estimate of drug-likeness (QED) is 0.615. The molecule has 1 aromatic rings. The van der Waals surface area contributed by atoms with E-state index in [0.717, 1.165) is 0 Å². The Morgan fingerprint density at radius 2 is 2.33 bits per heavy atom. The summed E-state index contributed by atoms with van der Waals surface area (Å²) in [6.45, 7) is 0. The van der Waals surface area contributed by atoms with Gasteiger partial charge in [0.25, 0.3) is 0 Å². The number of carbonyl (C=O) groups is 1. The third kappa shape index (κ3) is 2.20. The Labute approximate surface area is 91.7 Å². The lowest BCUT2D eigenvalue weighted by molar-refractivity contribution is 0.0600. The Kier molecular flexibility index (Phi) is 3.53. The summed E-state index contributed by atoms with van der Waals surface area (Å²) in [5, 5.41) is 18.2. The number of nitrogens with zero attached hydrogens (tertiary/aromatic N) is 1. The lowest BCUT2D eigenvalue weighted by Crippen LogP contribution is -2.02. The molecule has 15 heavy (non-hydrogen) atoms. The van der Waals surface area contributed by atoms with Gasteiger partial charge in [-0.25, -0.2) is 4.79 Å². The molecule has 0 unspecified atom stereocenters. The summed E-state index contributed by atoms with van der Waals surface area (Å²) >= 11 is 5.56. The second kappa shape index (κ2) is 4.67. The molecule has 0 aliphatic rings. The van der Waals surface area contributed by atoms with Crippen molar-refractivity contribution >= 4 is 17.6 Å². The van der Waals surface area contributed by atoms with Crippen molar-refractivity contribution in [1.82, 2.24) is 0 Å². The summed E-state index contributed by atoms with van der Waals surface area (Å²) in [5.74, 6) is -0.747. The van der Waals surface area contributed by atoms with Gasteiger partial charge in [-0.05, 0) is 12.1 Å². The Bertz CT molecular complexity index is 437. The van der Waals surface area contributed by atoms with E-state index in [1.165, 1.54) is 19.2 Å². The Morgan fingerprint density at radius 3 is 2.80 bits per heavy atom. The van der Waals surface area contributed by atoms with Crippen LogP contribution < -0.4 is 0 Å². The highest BCUT2D eigenvalue weighted by atomic mass is 35.5. The highest BCUT2D eigenvalue weighted by Crippen LogP contribution is 2.25. The number of esters is 1. The van der Waals surface area contributed by atoms with Gasteiger partial charge in [0, 0.05) is 5.56 Å². The molecule has 0 bridgehead atoms. The first kappa shape index (κ1) is 11.3. The Balaban J connectivity index is 3.34. The monoisotopic (exact) mass is 225 g/mol.